The minimum Gasteiger partial charge on any atom is -0.492 e. The number of rotatable bonds is 7. The van der Waals surface area contributed by atoms with E-state index in [2.05, 4.69) is 20.9 Å². The predicted octanol–water partition coefficient (Wildman–Crippen LogP) is 3.39. The van der Waals surface area contributed by atoms with Crippen LogP contribution in [0.3, 0.4) is 0 Å². The number of piperazine rings is 1. The topological polar surface area (TPSA) is 72.6 Å². The Hall–Kier alpha value is -3.91. The van der Waals surface area contributed by atoms with Gasteiger partial charge in [0.2, 0.25) is 0 Å². The van der Waals surface area contributed by atoms with Crippen LogP contribution in [0.2, 0.25) is 0 Å². The Morgan fingerprint density at radius 1 is 0.892 bits per heavy atom. The number of fused-ring (bicyclic) bond motifs is 1. The Morgan fingerprint density at radius 3 is 2.32 bits per heavy atom. The fourth-order valence-corrected chi connectivity index (χ4v) is 5.14. The third kappa shape index (κ3) is 4.89. The van der Waals surface area contributed by atoms with Crippen LogP contribution in [0.25, 0.3) is 16.7 Å². The normalized spacial score (nSPS) is 14.3. The number of aryl methyl sites for hydroxylation is 2. The summed E-state index contributed by atoms with van der Waals surface area (Å²) in [5, 5.41) is 0.492. The van der Waals surface area contributed by atoms with Crippen LogP contribution in [-0.4, -0.2) is 58.3 Å². The molecule has 8 nitrogen and oxygen atoms in total. The second kappa shape index (κ2) is 10.6. The van der Waals surface area contributed by atoms with Crippen molar-refractivity contribution in [3.8, 4) is 11.4 Å². The van der Waals surface area contributed by atoms with Crippen molar-refractivity contribution in [2.75, 3.05) is 44.2 Å². The van der Waals surface area contributed by atoms with Crippen molar-refractivity contribution in [3.63, 3.8) is 0 Å². The molecule has 1 aliphatic rings. The maximum Gasteiger partial charge on any atom is 0.337 e. The molecular weight excluding hydrogens is 466 g/mol. The molecule has 0 atom stereocenters. The van der Waals surface area contributed by atoms with Crippen LogP contribution in [0.5, 0.6) is 5.75 Å². The van der Waals surface area contributed by atoms with E-state index in [4.69, 9.17) is 4.74 Å². The standard InChI is InChI=1S/C29H33N5O3/c1-4-37-25-13-9-8-12-24(25)32-17-14-31(15-18-32)16-19-33-27-26(21(2)20-22(3)30-27)28(35)34(29(33)36)23-10-6-5-7-11-23/h5-13,20H,4,14-19H2,1-3H3. The molecular formula is C29H33N5O3. The Morgan fingerprint density at radius 2 is 1.59 bits per heavy atom. The molecule has 4 aromatic rings. The van der Waals surface area contributed by atoms with Crippen LogP contribution in [0.1, 0.15) is 18.2 Å². The monoisotopic (exact) mass is 499 g/mol. The average Bonchev–Trinajstić information content (AvgIpc) is 2.90. The molecule has 0 unspecified atom stereocenters. The molecule has 0 N–H and O–H groups in total. The number of ether oxygens (including phenoxy) is 1. The van der Waals surface area contributed by atoms with E-state index in [0.29, 0.717) is 36.4 Å². The lowest BCUT2D eigenvalue weighted by atomic mass is 10.1. The fourth-order valence-electron chi connectivity index (χ4n) is 5.14. The highest BCUT2D eigenvalue weighted by Gasteiger charge is 2.22. The third-order valence-electron chi connectivity index (χ3n) is 6.95. The van der Waals surface area contributed by atoms with E-state index in [1.54, 1.807) is 16.7 Å². The summed E-state index contributed by atoms with van der Waals surface area (Å²) in [4.78, 5) is 36.5. The zero-order valence-corrected chi connectivity index (χ0v) is 21.7. The number of hydrogen-bond acceptors (Lipinski definition) is 6. The zero-order chi connectivity index (χ0) is 25.9. The highest BCUT2D eigenvalue weighted by atomic mass is 16.5. The van der Waals surface area contributed by atoms with Crippen molar-refractivity contribution >= 4 is 16.7 Å². The van der Waals surface area contributed by atoms with E-state index < -0.39 is 0 Å². The summed E-state index contributed by atoms with van der Waals surface area (Å²) in [6.07, 6.45) is 0. The lowest BCUT2D eigenvalue weighted by Crippen LogP contribution is -2.48. The fraction of sp³-hybridized carbons (Fsp3) is 0.345. The summed E-state index contributed by atoms with van der Waals surface area (Å²) < 4.78 is 8.76. The first-order chi connectivity index (χ1) is 18.0. The Labute approximate surface area is 216 Å². The SMILES string of the molecule is CCOc1ccccc1N1CCN(CCn2c(=O)n(-c3ccccc3)c(=O)c3c(C)cc(C)nc32)CC1. The second-order valence-electron chi connectivity index (χ2n) is 9.42. The number of hydrogen-bond donors (Lipinski definition) is 0. The summed E-state index contributed by atoms with van der Waals surface area (Å²) >= 11 is 0. The number of benzene rings is 2. The molecule has 0 bridgehead atoms. The van der Waals surface area contributed by atoms with Crippen molar-refractivity contribution in [3.05, 3.63) is 92.8 Å². The van der Waals surface area contributed by atoms with Gasteiger partial charge in [-0.2, -0.15) is 0 Å². The molecule has 192 valence electrons. The summed E-state index contributed by atoms with van der Waals surface area (Å²) in [7, 11) is 0. The maximum absolute atomic E-state index is 13.7. The zero-order valence-electron chi connectivity index (χ0n) is 21.7. The van der Waals surface area contributed by atoms with E-state index in [0.717, 1.165) is 48.9 Å². The van der Waals surface area contributed by atoms with Crippen molar-refractivity contribution in [2.45, 2.75) is 27.3 Å². The molecule has 0 spiro atoms. The molecule has 0 amide bonds. The highest BCUT2D eigenvalue weighted by Crippen LogP contribution is 2.28. The molecule has 3 heterocycles. The molecule has 1 fully saturated rings. The van der Waals surface area contributed by atoms with Crippen molar-refractivity contribution in [1.82, 2.24) is 19.0 Å². The van der Waals surface area contributed by atoms with Crippen molar-refractivity contribution in [1.29, 1.82) is 0 Å². The van der Waals surface area contributed by atoms with E-state index in [1.807, 2.05) is 63.2 Å². The van der Waals surface area contributed by atoms with Crippen LogP contribution in [0, 0.1) is 13.8 Å². The van der Waals surface area contributed by atoms with Gasteiger partial charge in [0, 0.05) is 45.0 Å². The molecule has 2 aromatic heterocycles. The number of anilines is 1. The number of aromatic nitrogens is 3. The maximum atomic E-state index is 13.7. The van der Waals surface area contributed by atoms with Crippen molar-refractivity contribution in [2.24, 2.45) is 0 Å². The van der Waals surface area contributed by atoms with Gasteiger partial charge in [0.1, 0.15) is 11.4 Å². The first-order valence-corrected chi connectivity index (χ1v) is 12.9. The molecule has 0 aliphatic carbocycles. The van der Waals surface area contributed by atoms with Crippen LogP contribution in [0.15, 0.2) is 70.3 Å². The van der Waals surface area contributed by atoms with E-state index in [1.165, 1.54) is 4.57 Å². The van der Waals surface area contributed by atoms with Crippen LogP contribution in [-0.2, 0) is 6.54 Å². The van der Waals surface area contributed by atoms with Gasteiger partial charge in [-0.3, -0.25) is 14.3 Å². The van der Waals surface area contributed by atoms with Crippen LogP contribution < -0.4 is 20.9 Å². The molecule has 0 radical (unpaired) electrons. The third-order valence-corrected chi connectivity index (χ3v) is 6.95. The minimum atomic E-state index is -0.356. The van der Waals surface area contributed by atoms with Gasteiger partial charge in [-0.1, -0.05) is 30.3 Å². The Bertz CT molecular complexity index is 1520. The highest BCUT2D eigenvalue weighted by molar-refractivity contribution is 5.78. The van der Waals surface area contributed by atoms with E-state index in [9.17, 15) is 9.59 Å². The molecule has 1 aliphatic heterocycles. The van der Waals surface area contributed by atoms with Gasteiger partial charge in [-0.15, -0.1) is 0 Å². The number of nitrogens with zero attached hydrogens (tertiary/aromatic N) is 5. The summed E-state index contributed by atoms with van der Waals surface area (Å²) in [6.45, 7) is 11.1. The minimum absolute atomic E-state index is 0.325. The van der Waals surface area contributed by atoms with E-state index >= 15 is 0 Å². The largest absolute Gasteiger partial charge is 0.492 e. The number of pyridine rings is 1. The van der Waals surface area contributed by atoms with Gasteiger partial charge in [-0.25, -0.2) is 14.3 Å². The van der Waals surface area contributed by atoms with Gasteiger partial charge in [0.05, 0.1) is 23.4 Å². The first-order valence-electron chi connectivity index (χ1n) is 12.9. The summed E-state index contributed by atoms with van der Waals surface area (Å²) in [5.74, 6) is 0.913. The number of para-hydroxylation sites is 3. The first kappa shape index (κ1) is 24.8. The van der Waals surface area contributed by atoms with Gasteiger partial charge in [0.15, 0.2) is 0 Å². The lowest BCUT2D eigenvalue weighted by Gasteiger charge is -2.36. The average molecular weight is 500 g/mol. The second-order valence-corrected chi connectivity index (χ2v) is 9.42. The van der Waals surface area contributed by atoms with Gasteiger partial charge < -0.3 is 9.64 Å². The lowest BCUT2D eigenvalue weighted by molar-refractivity contribution is 0.246. The predicted molar refractivity (Wildman–Crippen MR) is 147 cm³/mol. The van der Waals surface area contributed by atoms with Gasteiger partial charge in [0.25, 0.3) is 5.56 Å². The van der Waals surface area contributed by atoms with Crippen LogP contribution >= 0.6 is 0 Å². The Kier molecular flexibility index (Phi) is 7.10. The Balaban J connectivity index is 1.42. The summed E-state index contributed by atoms with van der Waals surface area (Å²) in [5.41, 5.74) is 3.08. The quantitative estimate of drug-likeness (QED) is 0.388. The smallest absolute Gasteiger partial charge is 0.337 e. The molecule has 0 saturated carbocycles. The molecule has 1 saturated heterocycles. The van der Waals surface area contributed by atoms with Gasteiger partial charge in [-0.05, 0) is 56.7 Å². The molecule has 8 heteroatoms. The van der Waals surface area contributed by atoms with Gasteiger partial charge >= 0.3 is 5.69 Å². The summed E-state index contributed by atoms with van der Waals surface area (Å²) in [6, 6.07) is 19.2. The van der Waals surface area contributed by atoms with Crippen LogP contribution in [0.4, 0.5) is 5.69 Å². The molecule has 37 heavy (non-hydrogen) atoms. The van der Waals surface area contributed by atoms with E-state index in [-0.39, 0.29) is 11.2 Å². The molecule has 2 aromatic carbocycles. The molecule has 5 rings (SSSR count). The van der Waals surface area contributed by atoms with Crippen molar-refractivity contribution < 1.29 is 4.74 Å².